The predicted octanol–water partition coefficient (Wildman–Crippen LogP) is 11.7. The molecule has 0 amide bonds. The second-order valence-corrected chi connectivity index (χ2v) is 21.0. The molecule has 0 aliphatic heterocycles. The maximum absolute atomic E-state index is 12.7. The number of hydrogen-bond donors (Lipinski definition) is 7. The van der Waals surface area contributed by atoms with Crippen LogP contribution < -0.4 is 5.32 Å². The van der Waals surface area contributed by atoms with Crippen molar-refractivity contribution in [1.82, 2.24) is 0 Å². The summed E-state index contributed by atoms with van der Waals surface area (Å²) in [5.74, 6) is -1.14. The van der Waals surface area contributed by atoms with Crippen LogP contribution in [0.3, 0.4) is 0 Å². The van der Waals surface area contributed by atoms with Crippen LogP contribution in [0.2, 0.25) is 0 Å². The first kappa shape index (κ1) is 47.9. The monoisotopic (exact) mass is 1030 g/mol. The number of rotatable bonds is 12. The zero-order chi connectivity index (χ0) is 50.6. The van der Waals surface area contributed by atoms with Gasteiger partial charge in [-0.2, -0.15) is 33.7 Å². The van der Waals surface area contributed by atoms with Crippen molar-refractivity contribution < 1.29 is 62.1 Å². The number of phenolic OH excluding ortho intramolecular Hbond substituents is 2. The van der Waals surface area contributed by atoms with Gasteiger partial charge in [0.2, 0.25) is 0 Å². The van der Waals surface area contributed by atoms with Crippen molar-refractivity contribution in [2.75, 3.05) is 5.32 Å². The third-order valence-corrected chi connectivity index (χ3v) is 14.4. The number of nitrogens with one attached hydrogen (secondary N) is 1. The van der Waals surface area contributed by atoms with Gasteiger partial charge in [-0.3, -0.25) is 18.2 Å². The highest BCUT2D eigenvalue weighted by atomic mass is 32.2. The van der Waals surface area contributed by atoms with E-state index in [2.05, 4.69) is 36.0 Å². The number of nitrogens with zero attached hydrogens (tertiary/aromatic N) is 6. The number of aromatic hydroxyl groups is 2. The average molecular weight is 1030 g/mol. The predicted molar refractivity (Wildman–Crippen MR) is 261 cm³/mol. The Bertz CT molecular complexity index is 4290. The van der Waals surface area contributed by atoms with Crippen LogP contribution in [0.5, 0.6) is 11.5 Å². The van der Waals surface area contributed by atoms with E-state index in [1.54, 1.807) is 30.3 Å². The normalized spacial score (nSPS) is 12.9. The van der Waals surface area contributed by atoms with Crippen molar-refractivity contribution >= 4 is 129 Å². The van der Waals surface area contributed by atoms with Crippen molar-refractivity contribution in [2.45, 2.75) is 19.6 Å². The van der Waals surface area contributed by atoms with E-state index in [-0.39, 0.29) is 71.5 Å². The molecule has 0 fully saturated rings. The first-order valence-electron chi connectivity index (χ1n) is 20.2. The number of azo groups is 3. The Morgan fingerprint density at radius 2 is 0.803 bits per heavy atom. The number of hydrogen-bond acceptors (Lipinski definition) is 17. The second-order valence-electron chi connectivity index (χ2n) is 15.4. The largest absolute Gasteiger partial charge is 0.505 e. The minimum absolute atomic E-state index is 0.0115. The molecular formula is C46H31N7O14S4. The van der Waals surface area contributed by atoms with Gasteiger partial charge in [-0.25, -0.2) is 0 Å². The van der Waals surface area contributed by atoms with Gasteiger partial charge in [-0.15, -0.1) is 30.7 Å². The SMILES string of the molecule is O=S(=O)(O)c1ccc2c(N=Nc3ccc(N=Nc4cc(S(=O)(=O)O)c5ccccc5c4O)c4ccc(S(=O)(=O)O)cc34)ccc(N=Nc3c(S(=O)(=O)O)cc4cc(Nc5ccccc5)ccc4c3O)c2c1. The smallest absolute Gasteiger partial charge is 0.296 e. The Hall–Kier alpha value is -8.14. The first-order chi connectivity index (χ1) is 33.5. The Labute approximate surface area is 401 Å². The summed E-state index contributed by atoms with van der Waals surface area (Å²) < 4.78 is 139. The van der Waals surface area contributed by atoms with Gasteiger partial charge in [0.25, 0.3) is 40.5 Å². The van der Waals surface area contributed by atoms with Gasteiger partial charge in [0.1, 0.15) is 21.2 Å². The van der Waals surface area contributed by atoms with Crippen LogP contribution in [-0.4, -0.2) is 62.1 Å². The number of phenols is 2. The van der Waals surface area contributed by atoms with E-state index in [4.69, 9.17) is 0 Å². The minimum Gasteiger partial charge on any atom is -0.505 e. The zero-order valence-corrected chi connectivity index (χ0v) is 38.9. The van der Waals surface area contributed by atoms with Gasteiger partial charge in [0.05, 0.1) is 32.5 Å². The zero-order valence-electron chi connectivity index (χ0n) is 35.6. The number of fused-ring (bicyclic) bond motifs is 4. The van der Waals surface area contributed by atoms with Crippen molar-refractivity contribution in [3.8, 4) is 11.5 Å². The van der Waals surface area contributed by atoms with Gasteiger partial charge < -0.3 is 15.5 Å². The fraction of sp³-hybridized carbons (Fsp3) is 0. The molecule has 0 atom stereocenters. The van der Waals surface area contributed by atoms with Gasteiger partial charge in [0.15, 0.2) is 11.5 Å². The summed E-state index contributed by atoms with van der Waals surface area (Å²) in [7, 11) is -19.5. The van der Waals surface area contributed by atoms with E-state index in [1.165, 1.54) is 72.8 Å². The summed E-state index contributed by atoms with van der Waals surface area (Å²) in [6.45, 7) is 0. The number of anilines is 2. The van der Waals surface area contributed by atoms with Gasteiger partial charge in [-0.05, 0) is 96.4 Å². The molecule has 0 radical (unpaired) electrons. The molecule has 0 aromatic heterocycles. The summed E-state index contributed by atoms with van der Waals surface area (Å²) in [5.41, 5.74) is 0.104. The summed E-state index contributed by atoms with van der Waals surface area (Å²) in [5, 5.41) is 51.1. The highest BCUT2D eigenvalue weighted by molar-refractivity contribution is 7.86. The summed E-state index contributed by atoms with van der Waals surface area (Å²) in [6, 6.07) is 33.5. The van der Waals surface area contributed by atoms with Crippen molar-refractivity contribution in [2.24, 2.45) is 30.7 Å². The molecule has 0 spiro atoms. The lowest BCUT2D eigenvalue weighted by molar-refractivity contribution is 0.472. The molecule has 0 unspecified atom stereocenters. The highest BCUT2D eigenvalue weighted by Crippen LogP contribution is 2.45. The standard InChI is InChI=1S/C46H31N7O14S4/c54-45-34-9-5-4-8-33(34)42(70(62,63)64)24-41(45)52-49-38-16-18-39(35-22-28(68(56,57)58)11-14-31(35)38)50-48-37-17-19-40(36-23-29(69(59,60)61)12-15-32(36)37)51-53-44-43(71(65,66)67)21-25-20-27(10-13-30(25)46(44)55)47-26-6-2-1-3-7-26/h1-24,47,54-55H,(H,56,57,58)(H,59,60,61)(H,62,63,64)(H,65,66,67). The summed E-state index contributed by atoms with van der Waals surface area (Å²) in [4.78, 5) is -2.52. The van der Waals surface area contributed by atoms with Crippen LogP contribution in [0.4, 0.5) is 45.5 Å². The van der Waals surface area contributed by atoms with Crippen LogP contribution in [0.1, 0.15) is 0 Å². The van der Waals surface area contributed by atoms with Crippen molar-refractivity contribution in [3.05, 3.63) is 146 Å². The molecule has 0 saturated heterocycles. The molecule has 21 nitrogen and oxygen atoms in total. The highest BCUT2D eigenvalue weighted by Gasteiger charge is 2.24. The molecule has 358 valence electrons. The molecule has 7 N–H and O–H groups in total. The molecule has 71 heavy (non-hydrogen) atoms. The molecule has 0 aliphatic carbocycles. The molecule has 0 bridgehead atoms. The van der Waals surface area contributed by atoms with Gasteiger partial charge in [0, 0.05) is 49.1 Å². The topological polar surface area (TPSA) is 344 Å². The van der Waals surface area contributed by atoms with E-state index in [0.717, 1.165) is 42.1 Å². The third-order valence-electron chi connectivity index (χ3n) is 10.9. The Morgan fingerprint density at radius 3 is 1.32 bits per heavy atom. The van der Waals surface area contributed by atoms with Crippen LogP contribution >= 0.6 is 0 Å². The Kier molecular flexibility index (Phi) is 12.1. The van der Waals surface area contributed by atoms with Gasteiger partial charge in [-0.1, -0.05) is 54.6 Å². The molecular weight excluding hydrogens is 1000 g/mol. The Morgan fingerprint density at radius 1 is 0.338 bits per heavy atom. The third kappa shape index (κ3) is 9.74. The quantitative estimate of drug-likeness (QED) is 0.0442. The van der Waals surface area contributed by atoms with Crippen LogP contribution in [-0.2, 0) is 40.5 Å². The summed E-state index contributed by atoms with van der Waals surface area (Å²) in [6.07, 6.45) is 0. The van der Waals surface area contributed by atoms with E-state index in [1.807, 2.05) is 6.07 Å². The molecule has 0 heterocycles. The number of para-hydroxylation sites is 1. The lowest BCUT2D eigenvalue weighted by Gasteiger charge is -2.12. The van der Waals surface area contributed by atoms with E-state index in [9.17, 15) is 62.1 Å². The molecule has 9 aromatic carbocycles. The lowest BCUT2D eigenvalue weighted by Crippen LogP contribution is -1.99. The average Bonchev–Trinajstić information content (AvgIpc) is 3.32. The molecule has 9 rings (SSSR count). The van der Waals surface area contributed by atoms with Gasteiger partial charge >= 0.3 is 0 Å². The number of benzene rings is 9. The van der Waals surface area contributed by atoms with Crippen LogP contribution in [0.15, 0.2) is 196 Å². The van der Waals surface area contributed by atoms with E-state index < -0.39 is 77.2 Å². The van der Waals surface area contributed by atoms with E-state index >= 15 is 0 Å². The minimum atomic E-state index is -5.06. The summed E-state index contributed by atoms with van der Waals surface area (Å²) >= 11 is 0. The van der Waals surface area contributed by atoms with E-state index in [0.29, 0.717) is 5.69 Å². The van der Waals surface area contributed by atoms with Crippen molar-refractivity contribution in [3.63, 3.8) is 0 Å². The molecule has 0 aliphatic rings. The first-order valence-corrected chi connectivity index (χ1v) is 26.0. The maximum atomic E-state index is 12.7. The molecule has 25 heteroatoms. The fourth-order valence-electron chi connectivity index (χ4n) is 7.59. The molecule has 9 aromatic rings. The fourth-order valence-corrected chi connectivity index (χ4v) is 9.98. The Balaban J connectivity index is 1.13. The second kappa shape index (κ2) is 18.0. The van der Waals surface area contributed by atoms with Crippen molar-refractivity contribution in [1.29, 1.82) is 0 Å². The van der Waals surface area contributed by atoms with Crippen LogP contribution in [0.25, 0.3) is 43.1 Å². The maximum Gasteiger partial charge on any atom is 0.296 e. The van der Waals surface area contributed by atoms with Crippen LogP contribution in [0, 0.1) is 0 Å². The molecule has 0 saturated carbocycles. The lowest BCUT2D eigenvalue weighted by atomic mass is 10.1.